The number of phenols is 1. The van der Waals surface area contributed by atoms with Gasteiger partial charge in [-0.3, -0.25) is 15.1 Å². The van der Waals surface area contributed by atoms with Crippen molar-refractivity contribution in [2.24, 2.45) is 5.92 Å². The van der Waals surface area contributed by atoms with Crippen molar-refractivity contribution in [1.29, 1.82) is 0 Å². The first-order chi connectivity index (χ1) is 16.0. The molecule has 1 spiro atoms. The molecule has 1 aromatic heterocycles. The Morgan fingerprint density at radius 2 is 2.06 bits per heavy atom. The molecule has 1 fully saturated rings. The predicted octanol–water partition coefficient (Wildman–Crippen LogP) is 4.17. The number of nitro benzene ring substituents is 1. The standard InChI is InChI=1S/C26H23N3O4/c1-28-9-8-26-18-11-15-10-16(17-4-2-3-5-19(17)29(31)32)13-27-23(15)25(26)33-24-21(30)7-6-14(22(24)26)12-20(18)28/h2-7,10,13,18,20,25,30H,8-9,11-12H2,1H3/t18-,20+,25-,26-/m0/s1. The van der Waals surface area contributed by atoms with E-state index in [1.54, 1.807) is 24.4 Å². The Kier molecular flexibility index (Phi) is 3.65. The van der Waals surface area contributed by atoms with Crippen molar-refractivity contribution >= 4 is 5.69 Å². The Labute approximate surface area is 190 Å². The summed E-state index contributed by atoms with van der Waals surface area (Å²) in [6.45, 7) is 0.985. The molecule has 1 saturated heterocycles. The van der Waals surface area contributed by atoms with E-state index >= 15 is 0 Å². The van der Waals surface area contributed by atoms with Gasteiger partial charge in [0, 0.05) is 34.8 Å². The summed E-state index contributed by atoms with van der Waals surface area (Å²) in [6, 6.07) is 13.1. The molecule has 7 rings (SSSR count). The molecule has 1 N–H and O–H groups in total. The molecule has 0 amide bonds. The highest BCUT2D eigenvalue weighted by atomic mass is 16.6. The van der Waals surface area contributed by atoms with Crippen LogP contribution in [0.4, 0.5) is 5.69 Å². The second kappa shape index (κ2) is 6.32. The molecule has 2 aromatic carbocycles. The Balaban J connectivity index is 1.43. The van der Waals surface area contributed by atoms with Crippen LogP contribution in [0.15, 0.2) is 48.7 Å². The molecule has 2 aliphatic carbocycles. The Morgan fingerprint density at radius 1 is 1.21 bits per heavy atom. The molecule has 0 saturated carbocycles. The molecule has 0 unspecified atom stereocenters. The van der Waals surface area contributed by atoms with Crippen molar-refractivity contribution in [3.05, 3.63) is 81.2 Å². The van der Waals surface area contributed by atoms with E-state index in [-0.39, 0.29) is 27.9 Å². The summed E-state index contributed by atoms with van der Waals surface area (Å²) < 4.78 is 6.54. The lowest BCUT2D eigenvalue weighted by molar-refractivity contribution is -0.384. The summed E-state index contributed by atoms with van der Waals surface area (Å²) in [4.78, 5) is 18.6. The molecule has 7 heteroatoms. The fourth-order valence-corrected chi connectivity index (χ4v) is 7.09. The van der Waals surface area contributed by atoms with E-state index in [4.69, 9.17) is 9.72 Å². The van der Waals surface area contributed by atoms with Gasteiger partial charge < -0.3 is 14.7 Å². The summed E-state index contributed by atoms with van der Waals surface area (Å²) >= 11 is 0. The fourth-order valence-electron chi connectivity index (χ4n) is 7.09. The van der Waals surface area contributed by atoms with Gasteiger partial charge >= 0.3 is 0 Å². The monoisotopic (exact) mass is 441 g/mol. The number of fused-ring (bicyclic) bond motifs is 2. The van der Waals surface area contributed by atoms with E-state index in [0.29, 0.717) is 23.3 Å². The maximum absolute atomic E-state index is 11.6. The number of aromatic nitrogens is 1. The van der Waals surface area contributed by atoms with Gasteiger partial charge in [0.25, 0.3) is 5.69 Å². The first-order valence-electron chi connectivity index (χ1n) is 11.4. The Hall–Kier alpha value is -3.45. The molecule has 4 atom stereocenters. The molecular weight excluding hydrogens is 418 g/mol. The molecule has 0 radical (unpaired) electrons. The first-order valence-corrected chi connectivity index (χ1v) is 11.4. The summed E-state index contributed by atoms with van der Waals surface area (Å²) in [5.41, 5.74) is 5.70. The molecule has 166 valence electrons. The average Bonchev–Trinajstić information content (AvgIpc) is 3.18. The van der Waals surface area contributed by atoms with E-state index in [0.717, 1.165) is 42.6 Å². The third-order valence-electron chi connectivity index (χ3n) is 8.49. The van der Waals surface area contributed by atoms with Crippen molar-refractivity contribution < 1.29 is 14.8 Å². The number of nitro groups is 1. The number of nitrogens with zero attached hydrogens (tertiary/aromatic N) is 3. The number of phenolic OH excluding ortho intramolecular Hbond substituents is 1. The largest absolute Gasteiger partial charge is 0.504 e. The van der Waals surface area contributed by atoms with Crippen molar-refractivity contribution in [2.45, 2.75) is 36.8 Å². The van der Waals surface area contributed by atoms with Gasteiger partial charge in [0.1, 0.15) is 0 Å². The van der Waals surface area contributed by atoms with Gasteiger partial charge in [-0.2, -0.15) is 0 Å². The number of hydrogen-bond acceptors (Lipinski definition) is 6. The minimum atomic E-state index is -0.342. The van der Waals surface area contributed by atoms with Crippen molar-refractivity contribution in [3.63, 3.8) is 0 Å². The zero-order valence-electron chi connectivity index (χ0n) is 18.2. The van der Waals surface area contributed by atoms with Crippen molar-refractivity contribution in [1.82, 2.24) is 9.88 Å². The zero-order valence-corrected chi connectivity index (χ0v) is 18.2. The van der Waals surface area contributed by atoms with Gasteiger partial charge in [0.2, 0.25) is 0 Å². The van der Waals surface area contributed by atoms with Crippen LogP contribution in [0, 0.1) is 16.0 Å². The van der Waals surface area contributed by atoms with Gasteiger partial charge in [0.05, 0.1) is 16.2 Å². The lowest BCUT2D eigenvalue weighted by atomic mass is 9.51. The van der Waals surface area contributed by atoms with E-state index in [9.17, 15) is 15.2 Å². The van der Waals surface area contributed by atoms with E-state index in [2.05, 4.69) is 24.1 Å². The molecule has 3 aromatic rings. The highest BCUT2D eigenvalue weighted by Gasteiger charge is 2.64. The number of pyridine rings is 1. The SMILES string of the molecule is CN1CC[C@]23c4c5ccc(O)c4O[C@H]2c2ncc(-c4ccccc4[N+](=O)[O-])cc2C[C@H]3[C@H]1C5. The smallest absolute Gasteiger partial charge is 0.277 e. The van der Waals surface area contributed by atoms with E-state index in [1.165, 1.54) is 17.2 Å². The number of piperidine rings is 1. The number of rotatable bonds is 2. The average molecular weight is 441 g/mol. The second-order valence-corrected chi connectivity index (χ2v) is 9.84. The number of hydrogen-bond donors (Lipinski definition) is 1. The number of para-hydroxylation sites is 1. The number of ether oxygens (including phenoxy) is 1. The highest BCUT2D eigenvalue weighted by molar-refractivity contribution is 5.74. The van der Waals surface area contributed by atoms with Gasteiger partial charge in [-0.25, -0.2) is 0 Å². The zero-order chi connectivity index (χ0) is 22.5. The van der Waals surface area contributed by atoms with Crippen LogP contribution >= 0.6 is 0 Å². The van der Waals surface area contributed by atoms with Crippen LogP contribution in [0.5, 0.6) is 11.5 Å². The second-order valence-electron chi connectivity index (χ2n) is 9.84. The third-order valence-corrected chi connectivity index (χ3v) is 8.49. The van der Waals surface area contributed by atoms with Gasteiger partial charge in [-0.05, 0) is 68.1 Å². The maximum atomic E-state index is 11.6. The van der Waals surface area contributed by atoms with Crippen molar-refractivity contribution in [2.75, 3.05) is 13.6 Å². The summed E-state index contributed by atoms with van der Waals surface area (Å²) in [5, 5.41) is 22.3. The van der Waals surface area contributed by atoms with Crippen LogP contribution in [0.1, 0.15) is 34.9 Å². The maximum Gasteiger partial charge on any atom is 0.277 e. The van der Waals surface area contributed by atoms with Gasteiger partial charge in [0.15, 0.2) is 17.6 Å². The van der Waals surface area contributed by atoms with Gasteiger partial charge in [-0.1, -0.05) is 18.2 Å². The third kappa shape index (κ3) is 2.30. The van der Waals surface area contributed by atoms with Crippen LogP contribution in [-0.2, 0) is 18.3 Å². The molecule has 2 aliphatic heterocycles. The first kappa shape index (κ1) is 19.1. The summed E-state index contributed by atoms with van der Waals surface area (Å²) in [5.74, 6) is 1.17. The van der Waals surface area contributed by atoms with Crippen LogP contribution < -0.4 is 4.74 Å². The topological polar surface area (TPSA) is 88.7 Å². The van der Waals surface area contributed by atoms with Gasteiger partial charge in [-0.15, -0.1) is 0 Å². The Morgan fingerprint density at radius 3 is 2.91 bits per heavy atom. The quantitative estimate of drug-likeness (QED) is 0.474. The van der Waals surface area contributed by atoms with Crippen LogP contribution in [0.25, 0.3) is 11.1 Å². The molecule has 33 heavy (non-hydrogen) atoms. The van der Waals surface area contributed by atoms with E-state index < -0.39 is 0 Å². The summed E-state index contributed by atoms with van der Waals surface area (Å²) in [7, 11) is 2.20. The summed E-state index contributed by atoms with van der Waals surface area (Å²) in [6.07, 6.45) is 4.24. The molecular formula is C26H23N3O4. The lowest BCUT2D eigenvalue weighted by Crippen LogP contribution is -2.62. The Bertz CT molecular complexity index is 1360. The molecule has 4 aliphatic rings. The number of aromatic hydroxyl groups is 1. The minimum Gasteiger partial charge on any atom is -0.504 e. The molecule has 7 nitrogen and oxygen atoms in total. The predicted molar refractivity (Wildman–Crippen MR) is 121 cm³/mol. The molecule has 3 heterocycles. The molecule has 2 bridgehead atoms. The van der Waals surface area contributed by atoms with Crippen molar-refractivity contribution in [3.8, 4) is 22.6 Å². The normalized spacial score (nSPS) is 28.6. The lowest BCUT2D eigenvalue weighted by Gasteiger charge is -2.57. The van der Waals surface area contributed by atoms with Crippen LogP contribution in [0.3, 0.4) is 0 Å². The fraction of sp³-hybridized carbons (Fsp3) is 0.346. The van der Waals surface area contributed by atoms with Crippen LogP contribution in [-0.4, -0.2) is 39.5 Å². The minimum absolute atomic E-state index is 0.0832. The number of likely N-dealkylation sites (N-methyl/N-ethyl adjacent to an activating group) is 1. The van der Waals surface area contributed by atoms with E-state index in [1.807, 2.05) is 6.07 Å². The number of likely N-dealkylation sites (tertiary alicyclic amines) is 1. The number of benzene rings is 2. The van der Waals surface area contributed by atoms with Crippen LogP contribution in [0.2, 0.25) is 0 Å². The highest BCUT2D eigenvalue weighted by Crippen LogP contribution is 2.66.